The number of alkyl halides is 3. The topological polar surface area (TPSA) is 88.6 Å². The molecule has 7 nitrogen and oxygen atoms in total. The van der Waals surface area contributed by atoms with Crippen molar-refractivity contribution in [3.63, 3.8) is 0 Å². The Morgan fingerprint density at radius 1 is 1.18 bits per heavy atom. The van der Waals surface area contributed by atoms with Crippen LogP contribution in [0.1, 0.15) is 24.8 Å². The summed E-state index contributed by atoms with van der Waals surface area (Å²) in [6, 6.07) is 3.70. The van der Waals surface area contributed by atoms with Crippen molar-refractivity contribution >= 4 is 15.9 Å². The molecule has 0 aliphatic carbocycles. The van der Waals surface area contributed by atoms with Crippen molar-refractivity contribution in [2.75, 3.05) is 13.2 Å². The standard InChI is InChI=1S/C20H20F5N3O4S/c21-14-9-15(22)11-16(10-14)33(30,31)28-6-1-2-17(28)19(29)27-12-13-3-5-26-18(8-13)32-7-4-20(23,24)25/h3,5,8-11,17H,1-2,4,6-7,12H2,(H,27,29). The van der Waals surface area contributed by atoms with Crippen LogP contribution in [-0.4, -0.2) is 49.0 Å². The number of ether oxygens (including phenoxy) is 1. The van der Waals surface area contributed by atoms with Gasteiger partial charge in [-0.3, -0.25) is 4.79 Å². The quantitative estimate of drug-likeness (QED) is 0.571. The van der Waals surface area contributed by atoms with Gasteiger partial charge in [0.1, 0.15) is 17.7 Å². The first-order valence-electron chi connectivity index (χ1n) is 9.86. The third-order valence-electron chi connectivity index (χ3n) is 4.85. The van der Waals surface area contributed by atoms with Gasteiger partial charge in [-0.05, 0) is 36.6 Å². The van der Waals surface area contributed by atoms with Gasteiger partial charge in [-0.2, -0.15) is 17.5 Å². The number of sulfonamides is 1. The van der Waals surface area contributed by atoms with Crippen LogP contribution in [0.15, 0.2) is 41.4 Å². The van der Waals surface area contributed by atoms with Crippen LogP contribution in [0, 0.1) is 11.6 Å². The van der Waals surface area contributed by atoms with E-state index in [-0.39, 0.29) is 25.4 Å². The molecule has 1 aliphatic heterocycles. The number of nitrogens with zero attached hydrogens (tertiary/aromatic N) is 2. The van der Waals surface area contributed by atoms with Crippen LogP contribution in [0.25, 0.3) is 0 Å². The lowest BCUT2D eigenvalue weighted by Gasteiger charge is -2.23. The van der Waals surface area contributed by atoms with E-state index >= 15 is 0 Å². The predicted molar refractivity (Wildman–Crippen MR) is 106 cm³/mol. The molecule has 13 heteroatoms. The van der Waals surface area contributed by atoms with E-state index in [1.54, 1.807) is 0 Å². The van der Waals surface area contributed by atoms with E-state index in [2.05, 4.69) is 10.3 Å². The molecule has 2 heterocycles. The van der Waals surface area contributed by atoms with Crippen molar-refractivity contribution < 1.29 is 39.9 Å². The summed E-state index contributed by atoms with van der Waals surface area (Å²) >= 11 is 0. The molecule has 1 amide bonds. The summed E-state index contributed by atoms with van der Waals surface area (Å²) in [4.78, 5) is 15.9. The first-order valence-corrected chi connectivity index (χ1v) is 11.3. The average molecular weight is 493 g/mol. The van der Waals surface area contributed by atoms with Crippen molar-refractivity contribution in [1.29, 1.82) is 0 Å². The van der Waals surface area contributed by atoms with E-state index in [0.29, 0.717) is 30.2 Å². The highest BCUT2D eigenvalue weighted by Gasteiger charge is 2.39. The van der Waals surface area contributed by atoms with Crippen LogP contribution in [0.3, 0.4) is 0 Å². The van der Waals surface area contributed by atoms with Gasteiger partial charge in [-0.15, -0.1) is 0 Å². The second-order valence-electron chi connectivity index (χ2n) is 7.31. The summed E-state index contributed by atoms with van der Waals surface area (Å²) in [5.41, 5.74) is 0.472. The highest BCUT2D eigenvalue weighted by Crippen LogP contribution is 2.27. The number of rotatable bonds is 8. The Morgan fingerprint density at radius 2 is 1.88 bits per heavy atom. The summed E-state index contributed by atoms with van der Waals surface area (Å²) in [6.45, 7) is -0.664. The van der Waals surface area contributed by atoms with Gasteiger partial charge in [-0.1, -0.05) is 0 Å². The molecular weight excluding hydrogens is 473 g/mol. The van der Waals surface area contributed by atoms with Crippen LogP contribution in [-0.2, 0) is 21.4 Å². The fourth-order valence-corrected chi connectivity index (χ4v) is 5.02. The van der Waals surface area contributed by atoms with Gasteiger partial charge >= 0.3 is 6.18 Å². The summed E-state index contributed by atoms with van der Waals surface area (Å²) in [5.74, 6) is -2.78. The number of pyridine rings is 1. The first kappa shape index (κ1) is 24.8. The van der Waals surface area contributed by atoms with Crippen LogP contribution < -0.4 is 10.1 Å². The number of aromatic nitrogens is 1. The van der Waals surface area contributed by atoms with E-state index in [1.807, 2.05) is 0 Å². The molecule has 0 radical (unpaired) electrons. The smallest absolute Gasteiger partial charge is 0.392 e. The third-order valence-corrected chi connectivity index (χ3v) is 6.74. The molecular formula is C20H20F5N3O4S. The minimum Gasteiger partial charge on any atom is -0.477 e. The summed E-state index contributed by atoms with van der Waals surface area (Å²) in [5, 5.41) is 2.57. The summed E-state index contributed by atoms with van der Waals surface area (Å²) < 4.78 is 95.3. The molecule has 1 fully saturated rings. The normalized spacial score (nSPS) is 17.2. The lowest BCUT2D eigenvalue weighted by molar-refractivity contribution is -0.139. The lowest BCUT2D eigenvalue weighted by atomic mass is 10.2. The van der Waals surface area contributed by atoms with Crippen LogP contribution >= 0.6 is 0 Å². The van der Waals surface area contributed by atoms with Gasteiger partial charge in [0.15, 0.2) is 0 Å². The third kappa shape index (κ3) is 6.60. The maximum absolute atomic E-state index is 13.5. The highest BCUT2D eigenvalue weighted by molar-refractivity contribution is 7.89. The van der Waals surface area contributed by atoms with Gasteiger partial charge in [0.2, 0.25) is 21.8 Å². The van der Waals surface area contributed by atoms with Gasteiger partial charge in [0, 0.05) is 31.4 Å². The molecule has 3 rings (SSSR count). The fourth-order valence-electron chi connectivity index (χ4n) is 3.32. The Kier molecular flexibility index (Phi) is 7.52. The molecule has 0 bridgehead atoms. The molecule has 1 aromatic carbocycles. The zero-order valence-electron chi connectivity index (χ0n) is 17.1. The fraction of sp³-hybridized carbons (Fsp3) is 0.400. The molecule has 1 atom stereocenters. The van der Waals surface area contributed by atoms with Gasteiger partial charge in [0.05, 0.1) is 17.9 Å². The van der Waals surface area contributed by atoms with Crippen molar-refractivity contribution in [1.82, 2.24) is 14.6 Å². The second kappa shape index (κ2) is 10.00. The highest BCUT2D eigenvalue weighted by atomic mass is 32.2. The van der Waals surface area contributed by atoms with Crippen LogP contribution in [0.4, 0.5) is 22.0 Å². The first-order chi connectivity index (χ1) is 15.5. The van der Waals surface area contributed by atoms with Gasteiger partial charge in [-0.25, -0.2) is 22.2 Å². The average Bonchev–Trinajstić information content (AvgIpc) is 3.22. The van der Waals surface area contributed by atoms with Crippen molar-refractivity contribution in [3.05, 3.63) is 53.7 Å². The molecule has 1 aromatic heterocycles. The minimum atomic E-state index is -4.36. The molecule has 1 unspecified atom stereocenters. The molecule has 1 N–H and O–H groups in total. The van der Waals surface area contributed by atoms with Crippen molar-refractivity contribution in [2.24, 2.45) is 0 Å². The number of carbonyl (C=O) groups is 1. The van der Waals surface area contributed by atoms with E-state index < -0.39 is 57.7 Å². The molecule has 0 saturated carbocycles. The lowest BCUT2D eigenvalue weighted by Crippen LogP contribution is -2.45. The van der Waals surface area contributed by atoms with E-state index in [4.69, 9.17) is 4.74 Å². The minimum absolute atomic E-state index is 0.00496. The van der Waals surface area contributed by atoms with Gasteiger partial charge < -0.3 is 10.1 Å². The molecule has 2 aromatic rings. The summed E-state index contributed by atoms with van der Waals surface area (Å²) in [7, 11) is -4.32. The van der Waals surface area contributed by atoms with E-state index in [1.165, 1.54) is 18.3 Å². The van der Waals surface area contributed by atoms with Crippen molar-refractivity contribution in [3.8, 4) is 5.88 Å². The Hall–Kier alpha value is -2.80. The number of carbonyl (C=O) groups excluding carboxylic acids is 1. The monoisotopic (exact) mass is 493 g/mol. The number of halogens is 5. The summed E-state index contributed by atoms with van der Waals surface area (Å²) in [6.07, 6.45) is -3.62. The molecule has 1 saturated heterocycles. The zero-order chi connectivity index (χ0) is 24.2. The molecule has 180 valence electrons. The predicted octanol–water partition coefficient (Wildman–Crippen LogP) is 3.16. The van der Waals surface area contributed by atoms with Gasteiger partial charge in [0.25, 0.3) is 0 Å². The SMILES string of the molecule is O=C(NCc1ccnc(OCCC(F)(F)F)c1)C1CCCN1S(=O)(=O)c1cc(F)cc(F)c1. The Bertz CT molecular complexity index is 1090. The number of benzene rings is 1. The Labute approximate surface area is 186 Å². The number of amides is 1. The van der Waals surface area contributed by atoms with Crippen LogP contribution in [0.5, 0.6) is 5.88 Å². The number of nitrogens with one attached hydrogen (secondary N) is 1. The van der Waals surface area contributed by atoms with Crippen molar-refractivity contribution in [2.45, 2.75) is 42.9 Å². The maximum Gasteiger partial charge on any atom is 0.392 e. The Morgan fingerprint density at radius 3 is 2.55 bits per heavy atom. The maximum atomic E-state index is 13.5. The Balaban J connectivity index is 1.64. The molecule has 0 spiro atoms. The van der Waals surface area contributed by atoms with E-state index in [0.717, 1.165) is 4.31 Å². The molecule has 1 aliphatic rings. The van der Waals surface area contributed by atoms with Crippen LogP contribution in [0.2, 0.25) is 0 Å². The number of hydrogen-bond donors (Lipinski definition) is 1. The largest absolute Gasteiger partial charge is 0.477 e. The second-order valence-corrected chi connectivity index (χ2v) is 9.20. The van der Waals surface area contributed by atoms with E-state index in [9.17, 15) is 35.2 Å². The number of hydrogen-bond acceptors (Lipinski definition) is 5. The zero-order valence-corrected chi connectivity index (χ0v) is 17.9. The molecule has 33 heavy (non-hydrogen) atoms.